The summed E-state index contributed by atoms with van der Waals surface area (Å²) in [4.78, 5) is 0. The normalized spacial score (nSPS) is 14.9. The monoisotopic (exact) mass is 293 g/mol. The van der Waals surface area contributed by atoms with Crippen LogP contribution in [-0.2, 0) is 22.9 Å². The summed E-state index contributed by atoms with van der Waals surface area (Å²) in [6.45, 7) is 0. The molecule has 1 heterocycles. The Kier molecular flexibility index (Phi) is 3.33. The Morgan fingerprint density at radius 1 is 1.05 bits per heavy atom. The number of hydrogen-bond donors (Lipinski definition) is 1. The predicted molar refractivity (Wildman–Crippen MR) is 78.2 cm³/mol. The van der Waals surface area contributed by atoms with Crippen LogP contribution in [-0.4, -0.2) is 8.42 Å². The van der Waals surface area contributed by atoms with Crippen molar-refractivity contribution >= 4 is 27.0 Å². The molecule has 0 spiro atoms. The van der Waals surface area contributed by atoms with Crippen molar-refractivity contribution in [3.05, 3.63) is 46.8 Å². The average molecular weight is 293 g/mol. The number of aryl methyl sites for hydroxylation is 1. The lowest BCUT2D eigenvalue weighted by Crippen LogP contribution is -2.15. The van der Waals surface area contributed by atoms with Gasteiger partial charge in [0, 0.05) is 0 Å². The van der Waals surface area contributed by atoms with E-state index in [4.69, 9.17) is 0 Å². The Labute approximate surface area is 117 Å². The van der Waals surface area contributed by atoms with Crippen LogP contribution in [0.2, 0.25) is 0 Å². The Bertz CT molecular complexity index is 675. The summed E-state index contributed by atoms with van der Waals surface area (Å²) in [5, 5.41) is 1.77. The van der Waals surface area contributed by atoms with E-state index in [1.54, 1.807) is 17.5 Å². The molecule has 1 aliphatic rings. The van der Waals surface area contributed by atoms with Crippen LogP contribution in [0.4, 0.5) is 5.69 Å². The first-order valence-corrected chi connectivity index (χ1v) is 8.70. The minimum Gasteiger partial charge on any atom is -0.279 e. The molecular formula is C14H15NO2S2. The largest absolute Gasteiger partial charge is 0.279 e. The van der Waals surface area contributed by atoms with Crippen molar-refractivity contribution in [1.29, 1.82) is 0 Å². The van der Waals surface area contributed by atoms with Gasteiger partial charge < -0.3 is 0 Å². The zero-order valence-electron chi connectivity index (χ0n) is 10.4. The van der Waals surface area contributed by atoms with E-state index in [-0.39, 0.29) is 0 Å². The molecule has 3 nitrogen and oxygen atoms in total. The van der Waals surface area contributed by atoms with Gasteiger partial charge >= 0.3 is 0 Å². The van der Waals surface area contributed by atoms with Crippen LogP contribution in [0.5, 0.6) is 0 Å². The molecule has 0 saturated heterocycles. The standard InChI is InChI=1S/C14H15NO2S2/c16-19(17,14-9-4-10-18-14)15-13-8-3-6-11-5-1-2-7-12(11)13/h3-4,6,8-10,15H,1-2,5,7H2. The smallest absolute Gasteiger partial charge is 0.271 e. The van der Waals surface area contributed by atoms with E-state index < -0.39 is 10.0 Å². The van der Waals surface area contributed by atoms with Gasteiger partial charge in [0.2, 0.25) is 0 Å². The molecule has 1 aromatic carbocycles. The molecule has 0 atom stereocenters. The average Bonchev–Trinajstić information content (AvgIpc) is 2.93. The first-order chi connectivity index (χ1) is 9.17. The van der Waals surface area contributed by atoms with Crippen LogP contribution >= 0.6 is 11.3 Å². The SMILES string of the molecule is O=S(=O)(Nc1cccc2c1CCCC2)c1cccs1. The molecule has 5 heteroatoms. The van der Waals surface area contributed by atoms with Gasteiger partial charge in [0.15, 0.2) is 0 Å². The van der Waals surface area contributed by atoms with Gasteiger partial charge in [0.25, 0.3) is 10.0 Å². The molecule has 1 N–H and O–H groups in total. The highest BCUT2D eigenvalue weighted by Crippen LogP contribution is 2.30. The summed E-state index contributed by atoms with van der Waals surface area (Å²) in [5.74, 6) is 0. The molecule has 100 valence electrons. The second-order valence-electron chi connectivity index (χ2n) is 4.69. The van der Waals surface area contributed by atoms with Crippen LogP contribution in [0.3, 0.4) is 0 Å². The fourth-order valence-corrected chi connectivity index (χ4v) is 4.57. The molecule has 0 bridgehead atoms. The molecule has 0 radical (unpaired) electrons. The van der Waals surface area contributed by atoms with E-state index in [1.165, 1.54) is 23.3 Å². The minimum absolute atomic E-state index is 0.362. The first-order valence-electron chi connectivity index (χ1n) is 6.34. The topological polar surface area (TPSA) is 46.2 Å². The zero-order valence-corrected chi connectivity index (χ0v) is 12.1. The van der Waals surface area contributed by atoms with Gasteiger partial charge in [-0.15, -0.1) is 11.3 Å². The second-order valence-corrected chi connectivity index (χ2v) is 7.54. The van der Waals surface area contributed by atoms with Gasteiger partial charge in [-0.1, -0.05) is 18.2 Å². The van der Waals surface area contributed by atoms with E-state index in [2.05, 4.69) is 10.8 Å². The summed E-state index contributed by atoms with van der Waals surface area (Å²) >= 11 is 1.24. The molecule has 0 saturated carbocycles. The summed E-state index contributed by atoms with van der Waals surface area (Å²) in [7, 11) is -3.43. The molecule has 0 fully saturated rings. The van der Waals surface area contributed by atoms with Crippen LogP contribution < -0.4 is 4.72 Å². The maximum Gasteiger partial charge on any atom is 0.271 e. The van der Waals surface area contributed by atoms with Crippen molar-refractivity contribution in [2.24, 2.45) is 0 Å². The van der Waals surface area contributed by atoms with Crippen molar-refractivity contribution in [3.8, 4) is 0 Å². The zero-order chi connectivity index (χ0) is 13.3. The molecule has 2 aromatic rings. The number of hydrogen-bond acceptors (Lipinski definition) is 3. The first kappa shape index (κ1) is 12.7. The van der Waals surface area contributed by atoms with Crippen LogP contribution in [0, 0.1) is 0 Å². The summed E-state index contributed by atoms with van der Waals surface area (Å²) in [6, 6.07) is 9.26. The van der Waals surface area contributed by atoms with E-state index in [0.29, 0.717) is 4.21 Å². The number of rotatable bonds is 3. The molecule has 0 aliphatic heterocycles. The van der Waals surface area contributed by atoms with Gasteiger partial charge in [-0.3, -0.25) is 4.72 Å². The van der Waals surface area contributed by atoms with Gasteiger partial charge in [0.05, 0.1) is 5.69 Å². The quantitative estimate of drug-likeness (QED) is 0.942. The summed E-state index contributed by atoms with van der Waals surface area (Å²) in [5.41, 5.74) is 3.18. The van der Waals surface area contributed by atoms with Gasteiger partial charge in [-0.05, 0) is 54.3 Å². The Morgan fingerprint density at radius 2 is 1.89 bits per heavy atom. The van der Waals surface area contributed by atoms with E-state index >= 15 is 0 Å². The molecule has 3 rings (SSSR count). The third-order valence-corrected chi connectivity index (χ3v) is 6.16. The number of nitrogens with one attached hydrogen (secondary N) is 1. The fourth-order valence-electron chi connectivity index (χ4n) is 2.49. The predicted octanol–water partition coefficient (Wildman–Crippen LogP) is 3.43. The van der Waals surface area contributed by atoms with Gasteiger partial charge in [0.1, 0.15) is 4.21 Å². The third kappa shape index (κ3) is 2.53. The molecule has 1 aromatic heterocycles. The maximum atomic E-state index is 12.2. The van der Waals surface area contributed by atoms with E-state index in [1.807, 2.05) is 12.1 Å². The summed E-state index contributed by atoms with van der Waals surface area (Å²) < 4.78 is 27.6. The number of sulfonamides is 1. The van der Waals surface area contributed by atoms with Crippen LogP contribution in [0.1, 0.15) is 24.0 Å². The van der Waals surface area contributed by atoms with E-state index in [0.717, 1.165) is 30.5 Å². The van der Waals surface area contributed by atoms with Crippen molar-refractivity contribution in [1.82, 2.24) is 0 Å². The van der Waals surface area contributed by atoms with Crippen molar-refractivity contribution < 1.29 is 8.42 Å². The molecule has 19 heavy (non-hydrogen) atoms. The highest BCUT2D eigenvalue weighted by molar-refractivity contribution is 7.94. The minimum atomic E-state index is -3.43. The van der Waals surface area contributed by atoms with Gasteiger partial charge in [-0.2, -0.15) is 0 Å². The van der Waals surface area contributed by atoms with Gasteiger partial charge in [-0.25, -0.2) is 8.42 Å². The lowest BCUT2D eigenvalue weighted by Gasteiger charge is -2.19. The number of thiophene rings is 1. The second kappa shape index (κ2) is 4.98. The number of fused-ring (bicyclic) bond motifs is 1. The molecular weight excluding hydrogens is 278 g/mol. The molecule has 1 aliphatic carbocycles. The molecule has 0 amide bonds. The highest BCUT2D eigenvalue weighted by atomic mass is 32.2. The van der Waals surface area contributed by atoms with Crippen molar-refractivity contribution in [3.63, 3.8) is 0 Å². The van der Waals surface area contributed by atoms with Crippen molar-refractivity contribution in [2.45, 2.75) is 29.9 Å². The lowest BCUT2D eigenvalue weighted by molar-refractivity contribution is 0.603. The highest BCUT2D eigenvalue weighted by Gasteiger charge is 2.19. The fraction of sp³-hybridized carbons (Fsp3) is 0.286. The third-order valence-electron chi connectivity index (χ3n) is 3.40. The van der Waals surface area contributed by atoms with E-state index in [9.17, 15) is 8.42 Å². The Balaban J connectivity index is 1.96. The number of benzene rings is 1. The molecule has 0 unspecified atom stereocenters. The number of anilines is 1. The van der Waals surface area contributed by atoms with Crippen LogP contribution in [0.25, 0.3) is 0 Å². The lowest BCUT2D eigenvalue weighted by atomic mass is 9.91. The Morgan fingerprint density at radius 3 is 2.68 bits per heavy atom. The maximum absolute atomic E-state index is 12.2. The van der Waals surface area contributed by atoms with Crippen LogP contribution in [0.15, 0.2) is 39.9 Å². The summed E-state index contributed by atoms with van der Waals surface area (Å²) in [6.07, 6.45) is 4.32. The van der Waals surface area contributed by atoms with Crippen molar-refractivity contribution in [2.75, 3.05) is 4.72 Å². The Hall–Kier alpha value is -1.33.